The van der Waals surface area contributed by atoms with Gasteiger partial charge in [0.15, 0.2) is 0 Å². The van der Waals surface area contributed by atoms with Gasteiger partial charge in [-0.2, -0.15) is 5.10 Å². The quantitative estimate of drug-likeness (QED) is 0.321. The lowest BCUT2D eigenvalue weighted by Gasteiger charge is -2.10. The maximum absolute atomic E-state index is 13.5. The molecule has 1 N–H and O–H groups in total. The molecule has 3 heterocycles. The molecule has 3 aromatic heterocycles. The number of nitrogens with zero attached hydrogens (tertiary/aromatic N) is 3. The summed E-state index contributed by atoms with van der Waals surface area (Å²) in [5, 5.41) is 7.88. The normalized spacial score (nSPS) is 11.6. The maximum Gasteiger partial charge on any atom is 0.267 e. The van der Waals surface area contributed by atoms with E-state index >= 15 is 0 Å². The van der Waals surface area contributed by atoms with Crippen LogP contribution in [-0.2, 0) is 6.54 Å². The Morgan fingerprint density at radius 2 is 1.68 bits per heavy atom. The molecule has 34 heavy (non-hydrogen) atoms. The highest BCUT2D eigenvalue weighted by Gasteiger charge is 2.20. The summed E-state index contributed by atoms with van der Waals surface area (Å²) >= 11 is 3.55. The second-order valence-corrected chi connectivity index (χ2v) is 9.23. The first-order valence-corrected chi connectivity index (χ1v) is 11.7. The first-order chi connectivity index (χ1) is 16.5. The van der Waals surface area contributed by atoms with Crippen LogP contribution >= 0.6 is 15.9 Å². The molecular weight excluding hydrogens is 492 g/mol. The van der Waals surface area contributed by atoms with Crippen molar-refractivity contribution in [3.8, 4) is 11.3 Å². The molecule has 0 fully saturated rings. The molecule has 0 amide bonds. The number of hydrogen-bond acceptors (Lipinski definition) is 3. The van der Waals surface area contributed by atoms with E-state index in [1.54, 1.807) is 0 Å². The Labute approximate surface area is 202 Å². The number of benzene rings is 3. The van der Waals surface area contributed by atoms with Crippen LogP contribution in [0.4, 0.5) is 0 Å². The number of aromatic nitrogens is 4. The highest BCUT2D eigenvalue weighted by molar-refractivity contribution is 9.10. The Bertz CT molecular complexity index is 1790. The van der Waals surface area contributed by atoms with Crippen molar-refractivity contribution in [2.75, 3.05) is 0 Å². The molecule has 6 aromatic rings. The number of fused-ring (bicyclic) bond motifs is 5. The summed E-state index contributed by atoms with van der Waals surface area (Å²) < 4.78 is 3.85. The lowest BCUT2D eigenvalue weighted by Crippen LogP contribution is -2.28. The van der Waals surface area contributed by atoms with Gasteiger partial charge in [-0.25, -0.2) is 4.68 Å². The molecule has 0 aliphatic carbocycles. The van der Waals surface area contributed by atoms with Crippen LogP contribution in [-0.4, -0.2) is 25.2 Å². The fourth-order valence-electron chi connectivity index (χ4n) is 4.59. The number of carbonyl (C=O) groups is 1. The molecule has 166 valence electrons. The fraction of sp³-hybridized carbons (Fsp3) is 0.0741. The molecule has 6 rings (SSSR count). The van der Waals surface area contributed by atoms with Crippen LogP contribution in [0.3, 0.4) is 0 Å². The van der Waals surface area contributed by atoms with E-state index in [0.717, 1.165) is 43.1 Å². The van der Waals surface area contributed by atoms with Crippen molar-refractivity contribution in [2.24, 2.45) is 0 Å². The summed E-state index contributed by atoms with van der Waals surface area (Å²) in [6, 6.07) is 25.1. The summed E-state index contributed by atoms with van der Waals surface area (Å²) in [6.45, 7) is 1.71. The lowest BCUT2D eigenvalue weighted by molar-refractivity contribution is 0.0873. The van der Waals surface area contributed by atoms with Crippen LogP contribution in [0, 0.1) is 6.92 Å². The third-order valence-corrected chi connectivity index (χ3v) is 6.66. The highest BCUT2D eigenvalue weighted by atomic mass is 79.9. The molecular formula is C27H19BrN4O2. The van der Waals surface area contributed by atoms with Gasteiger partial charge in [-0.05, 0) is 42.6 Å². The number of carbonyl (C=O) groups excluding carboxylic acids is 1. The minimum absolute atomic E-state index is 0.134. The second kappa shape index (κ2) is 7.81. The zero-order valence-electron chi connectivity index (χ0n) is 18.2. The summed E-state index contributed by atoms with van der Waals surface area (Å²) in [4.78, 5) is 30.3. The van der Waals surface area contributed by atoms with E-state index in [1.807, 2.05) is 85.8 Å². The molecule has 3 aromatic carbocycles. The number of hydrogen-bond donors (Lipinski definition) is 1. The molecule has 0 aliphatic rings. The summed E-state index contributed by atoms with van der Waals surface area (Å²) in [6.07, 6.45) is 0. The van der Waals surface area contributed by atoms with Gasteiger partial charge in [-0.3, -0.25) is 14.2 Å². The Hall–Kier alpha value is -3.97. The molecule has 0 atom stereocenters. The predicted molar refractivity (Wildman–Crippen MR) is 138 cm³/mol. The van der Waals surface area contributed by atoms with E-state index in [0.29, 0.717) is 11.0 Å². The van der Waals surface area contributed by atoms with Gasteiger partial charge in [0.2, 0.25) is 0 Å². The maximum atomic E-state index is 13.5. The van der Waals surface area contributed by atoms with Crippen molar-refractivity contribution in [1.82, 2.24) is 19.3 Å². The minimum Gasteiger partial charge on any atom is -0.340 e. The Morgan fingerprint density at radius 1 is 0.941 bits per heavy atom. The number of halogens is 1. The van der Waals surface area contributed by atoms with Gasteiger partial charge in [0.05, 0.1) is 5.69 Å². The van der Waals surface area contributed by atoms with E-state index < -0.39 is 0 Å². The standard InChI is InChI=1S/C27H19BrN4O2/c1-16-13-23(17-7-3-2-4-8-17)30-32(16)24(33)15-31-26-25(19-9-5-6-10-20(19)27(31)34)21-14-18(28)11-12-22(21)29-26/h2-14,29H,15H2,1H3. The molecule has 0 radical (unpaired) electrons. The van der Waals surface area contributed by atoms with Crippen LogP contribution in [0.15, 0.2) is 88.1 Å². The Balaban J connectivity index is 1.53. The fourth-order valence-corrected chi connectivity index (χ4v) is 4.95. The topological polar surface area (TPSA) is 72.7 Å². The number of aromatic amines is 1. The first-order valence-electron chi connectivity index (χ1n) is 10.9. The average molecular weight is 511 g/mol. The zero-order chi connectivity index (χ0) is 23.4. The monoisotopic (exact) mass is 510 g/mol. The van der Waals surface area contributed by atoms with Crippen molar-refractivity contribution in [3.63, 3.8) is 0 Å². The molecule has 0 saturated carbocycles. The van der Waals surface area contributed by atoms with Gasteiger partial charge in [0.1, 0.15) is 12.2 Å². The number of H-pyrrole nitrogens is 1. The largest absolute Gasteiger partial charge is 0.340 e. The summed E-state index contributed by atoms with van der Waals surface area (Å²) in [5.41, 5.74) is 3.68. The number of rotatable bonds is 3. The number of nitrogens with one attached hydrogen (secondary N) is 1. The number of aryl methyl sites for hydroxylation is 1. The van der Waals surface area contributed by atoms with Gasteiger partial charge in [-0.1, -0.05) is 64.5 Å². The van der Waals surface area contributed by atoms with Crippen molar-refractivity contribution in [3.05, 3.63) is 99.4 Å². The van der Waals surface area contributed by atoms with Crippen LogP contribution < -0.4 is 5.56 Å². The van der Waals surface area contributed by atoms with E-state index in [2.05, 4.69) is 26.0 Å². The van der Waals surface area contributed by atoms with E-state index in [-0.39, 0.29) is 18.0 Å². The molecule has 6 nitrogen and oxygen atoms in total. The van der Waals surface area contributed by atoms with Crippen molar-refractivity contribution >= 4 is 54.5 Å². The molecule has 0 bridgehead atoms. The smallest absolute Gasteiger partial charge is 0.267 e. The highest BCUT2D eigenvalue weighted by Crippen LogP contribution is 2.32. The van der Waals surface area contributed by atoms with Crippen molar-refractivity contribution in [2.45, 2.75) is 13.5 Å². The van der Waals surface area contributed by atoms with Crippen LogP contribution in [0.2, 0.25) is 0 Å². The minimum atomic E-state index is -0.279. The van der Waals surface area contributed by atoms with E-state index in [1.165, 1.54) is 9.25 Å². The summed E-state index contributed by atoms with van der Waals surface area (Å²) in [7, 11) is 0. The molecule has 0 saturated heterocycles. The van der Waals surface area contributed by atoms with Gasteiger partial charge < -0.3 is 4.98 Å². The molecule has 7 heteroatoms. The van der Waals surface area contributed by atoms with Crippen molar-refractivity contribution in [1.29, 1.82) is 0 Å². The van der Waals surface area contributed by atoms with E-state index in [9.17, 15) is 9.59 Å². The van der Waals surface area contributed by atoms with Gasteiger partial charge in [0.25, 0.3) is 11.5 Å². The zero-order valence-corrected chi connectivity index (χ0v) is 19.8. The Kier molecular flexibility index (Phi) is 4.74. The third kappa shape index (κ3) is 3.20. The lowest BCUT2D eigenvalue weighted by atomic mass is 10.1. The van der Waals surface area contributed by atoms with Crippen LogP contribution in [0.1, 0.15) is 10.5 Å². The van der Waals surface area contributed by atoms with Gasteiger partial charge >= 0.3 is 0 Å². The molecule has 0 aliphatic heterocycles. The van der Waals surface area contributed by atoms with Crippen molar-refractivity contribution < 1.29 is 4.79 Å². The van der Waals surface area contributed by atoms with Crippen LogP contribution in [0.5, 0.6) is 0 Å². The average Bonchev–Trinajstić information content (AvgIpc) is 3.43. The Morgan fingerprint density at radius 3 is 2.47 bits per heavy atom. The SMILES string of the molecule is Cc1cc(-c2ccccc2)nn1C(=O)Cn1c(=O)c2ccccc2c2c3cc(Br)ccc3[nH]c21. The molecule has 0 spiro atoms. The van der Waals surface area contributed by atoms with Crippen LogP contribution in [0.25, 0.3) is 44.0 Å². The third-order valence-electron chi connectivity index (χ3n) is 6.17. The predicted octanol–water partition coefficient (Wildman–Crippen LogP) is 5.91. The second-order valence-electron chi connectivity index (χ2n) is 8.32. The first kappa shape index (κ1) is 20.6. The summed E-state index contributed by atoms with van der Waals surface area (Å²) in [5.74, 6) is -0.279. The van der Waals surface area contributed by atoms with Gasteiger partial charge in [-0.15, -0.1) is 0 Å². The molecule has 0 unspecified atom stereocenters. The van der Waals surface area contributed by atoms with Gasteiger partial charge in [0, 0.05) is 37.4 Å². The van der Waals surface area contributed by atoms with E-state index in [4.69, 9.17) is 0 Å². The number of pyridine rings is 1.